The van der Waals surface area contributed by atoms with Crippen LogP contribution in [-0.2, 0) is 6.42 Å². The summed E-state index contributed by atoms with van der Waals surface area (Å²) in [6.07, 6.45) is 1.51. The number of halogens is 3. The number of nitrogens with zero attached hydrogens (tertiary/aromatic N) is 2. The third-order valence-electron chi connectivity index (χ3n) is 3.21. The Morgan fingerprint density at radius 1 is 1.21 bits per heavy atom. The quantitative estimate of drug-likeness (QED) is 0.703. The average Bonchev–Trinajstić information content (AvgIpc) is 3.17. The van der Waals surface area contributed by atoms with Crippen molar-refractivity contribution in [3.63, 3.8) is 0 Å². The van der Waals surface area contributed by atoms with E-state index in [4.69, 9.17) is 0 Å². The smallest absolute Gasteiger partial charge is 0.269 e. The van der Waals surface area contributed by atoms with Crippen LogP contribution in [0.3, 0.4) is 0 Å². The molecule has 9 heteroatoms. The maximum absolute atomic E-state index is 13.7. The second kappa shape index (κ2) is 6.70. The van der Waals surface area contributed by atoms with Gasteiger partial charge < -0.3 is 0 Å². The van der Waals surface area contributed by atoms with Crippen LogP contribution in [-0.4, -0.2) is 15.9 Å². The Kier molecular flexibility index (Phi) is 4.63. The third kappa shape index (κ3) is 3.31. The molecule has 4 nitrogen and oxygen atoms in total. The molecule has 124 valence electrons. The van der Waals surface area contributed by atoms with E-state index in [2.05, 4.69) is 15.3 Å². The number of thiazole rings is 2. The monoisotopic (exact) mass is 369 g/mol. The summed E-state index contributed by atoms with van der Waals surface area (Å²) in [6.45, 7) is 1.73. The first kappa shape index (κ1) is 16.6. The fraction of sp³-hybridized carbons (Fsp3) is 0.133. The first-order valence-electron chi connectivity index (χ1n) is 6.74. The normalized spacial score (nSPS) is 10.8. The minimum atomic E-state index is -1.49. The van der Waals surface area contributed by atoms with E-state index in [1.807, 2.05) is 0 Å². The minimum absolute atomic E-state index is 0.0220. The lowest BCUT2D eigenvalue weighted by Crippen LogP contribution is -2.11. The number of carbonyl (C=O) groups excluding carboxylic acids is 1. The first-order valence-corrected chi connectivity index (χ1v) is 8.44. The molecule has 0 radical (unpaired) electrons. The van der Waals surface area contributed by atoms with Crippen LogP contribution in [0, 0.1) is 24.4 Å². The van der Waals surface area contributed by atoms with Gasteiger partial charge in [-0.2, -0.15) is 0 Å². The zero-order valence-corrected chi connectivity index (χ0v) is 13.9. The predicted octanol–water partition coefficient (Wildman–Crippen LogP) is 4.17. The lowest BCUT2D eigenvalue weighted by atomic mass is 10.1. The van der Waals surface area contributed by atoms with E-state index in [1.165, 1.54) is 23.6 Å². The Morgan fingerprint density at radius 3 is 2.71 bits per heavy atom. The van der Waals surface area contributed by atoms with Crippen molar-refractivity contribution in [3.05, 3.63) is 62.3 Å². The number of hydrogen-bond acceptors (Lipinski definition) is 5. The molecular formula is C15H10F3N3OS2. The maximum atomic E-state index is 13.7. The largest absolute Gasteiger partial charge is 0.297 e. The fourth-order valence-corrected chi connectivity index (χ4v) is 3.54. The van der Waals surface area contributed by atoms with Gasteiger partial charge in [-0.1, -0.05) is 6.07 Å². The Balaban J connectivity index is 1.73. The lowest BCUT2D eigenvalue weighted by Gasteiger charge is -2.02. The highest BCUT2D eigenvalue weighted by Gasteiger charge is 2.16. The van der Waals surface area contributed by atoms with Crippen molar-refractivity contribution in [2.24, 2.45) is 0 Å². The molecule has 2 aromatic heterocycles. The molecule has 0 unspecified atom stereocenters. The number of anilines is 1. The predicted molar refractivity (Wildman–Crippen MR) is 86.0 cm³/mol. The minimum Gasteiger partial charge on any atom is -0.297 e. The molecule has 3 aromatic rings. The van der Waals surface area contributed by atoms with E-state index in [0.717, 1.165) is 17.4 Å². The van der Waals surface area contributed by atoms with Crippen LogP contribution in [0.1, 0.15) is 25.8 Å². The number of rotatable bonds is 4. The topological polar surface area (TPSA) is 54.9 Å². The molecule has 0 bridgehead atoms. The molecule has 0 saturated heterocycles. The number of aromatic nitrogens is 2. The highest BCUT2D eigenvalue weighted by Crippen LogP contribution is 2.25. The summed E-state index contributed by atoms with van der Waals surface area (Å²) < 4.78 is 39.9. The van der Waals surface area contributed by atoms with E-state index in [0.29, 0.717) is 20.6 Å². The van der Waals surface area contributed by atoms with Crippen molar-refractivity contribution in [3.8, 4) is 0 Å². The van der Waals surface area contributed by atoms with Gasteiger partial charge in [0.2, 0.25) is 0 Å². The Bertz CT molecular complexity index is 907. The van der Waals surface area contributed by atoms with Crippen molar-refractivity contribution in [2.45, 2.75) is 13.3 Å². The zero-order valence-electron chi connectivity index (χ0n) is 12.3. The molecule has 0 spiro atoms. The van der Waals surface area contributed by atoms with Gasteiger partial charge >= 0.3 is 0 Å². The molecule has 0 saturated carbocycles. The second-order valence-corrected chi connectivity index (χ2v) is 6.83. The van der Waals surface area contributed by atoms with E-state index < -0.39 is 17.5 Å². The summed E-state index contributed by atoms with van der Waals surface area (Å²) in [4.78, 5) is 21.2. The van der Waals surface area contributed by atoms with Gasteiger partial charge in [-0.15, -0.1) is 22.7 Å². The number of amides is 1. The van der Waals surface area contributed by atoms with E-state index in [-0.39, 0.29) is 17.9 Å². The number of benzene rings is 1. The lowest BCUT2D eigenvalue weighted by molar-refractivity contribution is 0.103. The number of aryl methyl sites for hydroxylation is 1. The Morgan fingerprint density at radius 2 is 2.00 bits per heavy atom. The molecule has 24 heavy (non-hydrogen) atoms. The van der Waals surface area contributed by atoms with Crippen molar-refractivity contribution < 1.29 is 18.0 Å². The Hall–Kier alpha value is -2.26. The third-order valence-corrected chi connectivity index (χ3v) is 5.05. The van der Waals surface area contributed by atoms with Crippen LogP contribution in [0.15, 0.2) is 23.8 Å². The van der Waals surface area contributed by atoms with Gasteiger partial charge in [0, 0.05) is 17.5 Å². The Labute approximate surface area is 143 Å². The molecule has 0 fully saturated rings. The van der Waals surface area contributed by atoms with Gasteiger partial charge in [-0.05, 0) is 18.6 Å². The zero-order chi connectivity index (χ0) is 17.3. The number of nitrogens with one attached hydrogen (secondary N) is 1. The summed E-state index contributed by atoms with van der Waals surface area (Å²) in [5.41, 5.74) is 2.22. The maximum Gasteiger partial charge on any atom is 0.269 e. The molecule has 2 heterocycles. The van der Waals surface area contributed by atoms with Gasteiger partial charge in [0.05, 0.1) is 11.2 Å². The van der Waals surface area contributed by atoms with E-state index >= 15 is 0 Å². The molecule has 0 aliphatic carbocycles. The summed E-state index contributed by atoms with van der Waals surface area (Å²) in [6, 6.07) is 2.07. The van der Waals surface area contributed by atoms with Crippen LogP contribution in [0.4, 0.5) is 18.3 Å². The van der Waals surface area contributed by atoms with Crippen molar-refractivity contribution in [2.75, 3.05) is 5.32 Å². The van der Waals surface area contributed by atoms with E-state index in [9.17, 15) is 18.0 Å². The van der Waals surface area contributed by atoms with E-state index in [1.54, 1.807) is 12.4 Å². The summed E-state index contributed by atoms with van der Waals surface area (Å²) >= 11 is 2.35. The van der Waals surface area contributed by atoms with Crippen molar-refractivity contribution in [1.29, 1.82) is 0 Å². The second-order valence-electron chi connectivity index (χ2n) is 4.86. The van der Waals surface area contributed by atoms with Crippen LogP contribution < -0.4 is 5.32 Å². The molecule has 1 aromatic carbocycles. The van der Waals surface area contributed by atoms with Gasteiger partial charge in [0.15, 0.2) is 22.6 Å². The van der Waals surface area contributed by atoms with Gasteiger partial charge in [-0.3, -0.25) is 10.1 Å². The first-order chi connectivity index (χ1) is 11.5. The summed E-state index contributed by atoms with van der Waals surface area (Å²) in [5, 5.41) is 2.98. The standard InChI is InChI=1S/C15H10F3N3OS2/c1-7-13(23-6-20-7)14(22)21-15-19-5-9(24-15)4-8-2-3-10(16)12(18)11(8)17/h2-3,5-6H,4H2,1H3,(H,19,21,22). The molecule has 0 atom stereocenters. The van der Waals surface area contributed by atoms with Gasteiger partial charge in [-0.25, -0.2) is 23.1 Å². The fourth-order valence-electron chi connectivity index (χ4n) is 2.01. The van der Waals surface area contributed by atoms with Crippen LogP contribution >= 0.6 is 22.7 Å². The number of carbonyl (C=O) groups is 1. The van der Waals surface area contributed by atoms with Gasteiger partial charge in [0.25, 0.3) is 5.91 Å². The number of hydrogen-bond donors (Lipinski definition) is 1. The summed E-state index contributed by atoms with van der Waals surface area (Å²) in [5.74, 6) is -4.26. The molecule has 0 aliphatic rings. The highest BCUT2D eigenvalue weighted by molar-refractivity contribution is 7.16. The molecule has 1 amide bonds. The van der Waals surface area contributed by atoms with Crippen molar-refractivity contribution >= 4 is 33.7 Å². The SMILES string of the molecule is Cc1ncsc1C(=O)Nc1ncc(Cc2ccc(F)c(F)c2F)s1. The molecule has 1 N–H and O–H groups in total. The summed E-state index contributed by atoms with van der Waals surface area (Å²) in [7, 11) is 0. The average molecular weight is 369 g/mol. The van der Waals surface area contributed by atoms with Crippen molar-refractivity contribution in [1.82, 2.24) is 9.97 Å². The van der Waals surface area contributed by atoms with Crippen LogP contribution in [0.2, 0.25) is 0 Å². The molecule has 0 aliphatic heterocycles. The molecule has 3 rings (SSSR count). The van der Waals surface area contributed by atoms with Crippen LogP contribution in [0.25, 0.3) is 0 Å². The van der Waals surface area contributed by atoms with Gasteiger partial charge in [0.1, 0.15) is 4.88 Å². The molecular weight excluding hydrogens is 359 g/mol. The van der Waals surface area contributed by atoms with Crippen LogP contribution in [0.5, 0.6) is 0 Å². The highest BCUT2D eigenvalue weighted by atomic mass is 32.1.